The van der Waals surface area contributed by atoms with Gasteiger partial charge < -0.3 is 4.57 Å². The van der Waals surface area contributed by atoms with E-state index in [1.807, 2.05) is 28.8 Å². The van der Waals surface area contributed by atoms with E-state index in [1.165, 1.54) is 19.3 Å². The number of halogens is 1. The predicted molar refractivity (Wildman–Crippen MR) is 72.3 cm³/mol. The summed E-state index contributed by atoms with van der Waals surface area (Å²) in [7, 11) is 1.81. The fourth-order valence-electron chi connectivity index (χ4n) is 2.51. The van der Waals surface area contributed by atoms with Gasteiger partial charge in [-0.2, -0.15) is 0 Å². The van der Waals surface area contributed by atoms with Crippen LogP contribution in [0.15, 0.2) is 35.4 Å². The first-order valence-corrected chi connectivity index (χ1v) is 8.39. The highest BCUT2D eigenvalue weighted by molar-refractivity contribution is 8.14. The van der Waals surface area contributed by atoms with Crippen LogP contribution in [0.2, 0.25) is 0 Å². The minimum absolute atomic E-state index is 0.221. The number of benzene rings is 1. The molecule has 1 aliphatic rings. The molecule has 1 aliphatic carbocycles. The smallest absolute Gasteiger partial charge is 0.263 e. The maximum Gasteiger partial charge on any atom is 0.263 e. The molecule has 0 atom stereocenters. The van der Waals surface area contributed by atoms with Crippen molar-refractivity contribution in [3.05, 3.63) is 30.5 Å². The lowest BCUT2D eigenvalue weighted by Crippen LogP contribution is -2.17. The van der Waals surface area contributed by atoms with Crippen molar-refractivity contribution >= 4 is 30.6 Å². The molecule has 0 amide bonds. The Labute approximate surface area is 111 Å². The zero-order valence-corrected chi connectivity index (χ0v) is 11.4. The van der Waals surface area contributed by atoms with Gasteiger partial charge in [-0.3, -0.25) is 0 Å². The van der Waals surface area contributed by atoms with E-state index in [-0.39, 0.29) is 4.90 Å². The predicted octanol–water partition coefficient (Wildman–Crippen LogP) is 3.37. The van der Waals surface area contributed by atoms with Crippen LogP contribution < -0.4 is 0 Å². The van der Waals surface area contributed by atoms with Crippen molar-refractivity contribution in [2.45, 2.75) is 30.7 Å². The molecule has 1 fully saturated rings. The number of hydrogen-bond donors (Lipinski definition) is 0. The van der Waals surface area contributed by atoms with Crippen molar-refractivity contribution in [3.63, 3.8) is 0 Å². The monoisotopic (exact) mass is 283 g/mol. The second-order valence-corrected chi connectivity index (χ2v) is 7.43. The minimum atomic E-state index is -3.68. The zero-order valence-electron chi connectivity index (χ0n) is 9.84. The SMILES string of the molecule is O=S(=O)(Cl)c1cn(CC2CCC2)c2ccccc12. The molecule has 2 aromatic rings. The van der Waals surface area contributed by atoms with Gasteiger partial charge in [0.15, 0.2) is 0 Å². The molecule has 0 radical (unpaired) electrons. The lowest BCUT2D eigenvalue weighted by atomic mass is 9.85. The second-order valence-electron chi connectivity index (χ2n) is 4.90. The Morgan fingerprint density at radius 1 is 1.28 bits per heavy atom. The number of aromatic nitrogens is 1. The number of para-hydroxylation sites is 1. The molecule has 18 heavy (non-hydrogen) atoms. The van der Waals surface area contributed by atoms with E-state index in [4.69, 9.17) is 10.7 Å². The van der Waals surface area contributed by atoms with Gasteiger partial charge in [-0.15, -0.1) is 0 Å². The second kappa shape index (κ2) is 4.28. The first-order valence-electron chi connectivity index (χ1n) is 6.08. The normalized spacial score (nSPS) is 16.9. The Kier molecular flexibility index (Phi) is 2.87. The Morgan fingerprint density at radius 3 is 2.61 bits per heavy atom. The van der Waals surface area contributed by atoms with Crippen LogP contribution in [0.1, 0.15) is 19.3 Å². The summed E-state index contributed by atoms with van der Waals surface area (Å²) < 4.78 is 25.2. The number of hydrogen-bond acceptors (Lipinski definition) is 2. The van der Waals surface area contributed by atoms with E-state index in [0.29, 0.717) is 11.3 Å². The largest absolute Gasteiger partial charge is 0.346 e. The maximum absolute atomic E-state index is 11.6. The van der Waals surface area contributed by atoms with Crippen molar-refractivity contribution in [2.24, 2.45) is 5.92 Å². The molecule has 1 heterocycles. The molecule has 0 bridgehead atoms. The molecule has 0 unspecified atom stereocenters. The van der Waals surface area contributed by atoms with Crippen molar-refractivity contribution in [2.75, 3.05) is 0 Å². The number of nitrogens with zero attached hydrogens (tertiary/aromatic N) is 1. The molecule has 3 nitrogen and oxygen atoms in total. The van der Waals surface area contributed by atoms with E-state index in [9.17, 15) is 8.42 Å². The van der Waals surface area contributed by atoms with Gasteiger partial charge in [0.25, 0.3) is 9.05 Å². The highest BCUT2D eigenvalue weighted by Crippen LogP contribution is 2.32. The molecular weight excluding hydrogens is 270 g/mol. The van der Waals surface area contributed by atoms with Crippen LogP contribution in [0, 0.1) is 5.92 Å². The average molecular weight is 284 g/mol. The summed E-state index contributed by atoms with van der Waals surface area (Å²) in [4.78, 5) is 0.221. The first-order chi connectivity index (χ1) is 8.55. The summed E-state index contributed by atoms with van der Waals surface area (Å²) in [6.07, 6.45) is 5.42. The van der Waals surface area contributed by atoms with Gasteiger partial charge in [-0.05, 0) is 24.8 Å². The van der Waals surface area contributed by atoms with Crippen LogP contribution >= 0.6 is 10.7 Å². The van der Waals surface area contributed by atoms with Crippen LogP contribution in [-0.4, -0.2) is 13.0 Å². The quantitative estimate of drug-likeness (QED) is 0.810. The van der Waals surface area contributed by atoms with Crippen molar-refractivity contribution in [1.82, 2.24) is 4.57 Å². The van der Waals surface area contributed by atoms with E-state index in [0.717, 1.165) is 12.1 Å². The molecule has 3 rings (SSSR count). The Morgan fingerprint density at radius 2 is 2.00 bits per heavy atom. The van der Waals surface area contributed by atoms with Crippen LogP contribution in [0.5, 0.6) is 0 Å². The van der Waals surface area contributed by atoms with Crippen LogP contribution in [0.4, 0.5) is 0 Å². The van der Waals surface area contributed by atoms with E-state index >= 15 is 0 Å². The van der Waals surface area contributed by atoms with Crippen molar-refractivity contribution < 1.29 is 8.42 Å². The Hall–Kier alpha value is -1.00. The molecule has 1 aromatic heterocycles. The van der Waals surface area contributed by atoms with Gasteiger partial charge in [-0.1, -0.05) is 24.6 Å². The molecule has 5 heteroatoms. The van der Waals surface area contributed by atoms with E-state index in [2.05, 4.69) is 0 Å². The van der Waals surface area contributed by atoms with Crippen molar-refractivity contribution in [3.8, 4) is 0 Å². The summed E-state index contributed by atoms with van der Waals surface area (Å²) in [6, 6.07) is 7.51. The minimum Gasteiger partial charge on any atom is -0.346 e. The van der Waals surface area contributed by atoms with E-state index in [1.54, 1.807) is 6.20 Å². The highest BCUT2D eigenvalue weighted by atomic mass is 35.7. The fraction of sp³-hybridized carbons (Fsp3) is 0.385. The van der Waals surface area contributed by atoms with Gasteiger partial charge in [0.1, 0.15) is 4.90 Å². The van der Waals surface area contributed by atoms with Gasteiger partial charge in [0.05, 0.1) is 0 Å². The maximum atomic E-state index is 11.6. The van der Waals surface area contributed by atoms with Gasteiger partial charge in [-0.25, -0.2) is 8.42 Å². The van der Waals surface area contributed by atoms with Crippen LogP contribution in [0.25, 0.3) is 10.9 Å². The summed E-state index contributed by atoms with van der Waals surface area (Å²) >= 11 is 0. The molecule has 1 aromatic carbocycles. The number of rotatable bonds is 3. The third kappa shape index (κ3) is 2.04. The van der Waals surface area contributed by atoms with Gasteiger partial charge in [0, 0.05) is 34.3 Å². The van der Waals surface area contributed by atoms with Gasteiger partial charge in [0.2, 0.25) is 0 Å². The molecule has 96 valence electrons. The topological polar surface area (TPSA) is 39.1 Å². The van der Waals surface area contributed by atoms with Crippen molar-refractivity contribution in [1.29, 1.82) is 0 Å². The summed E-state index contributed by atoms with van der Waals surface area (Å²) in [5.74, 6) is 0.673. The third-order valence-corrected chi connectivity index (χ3v) is 5.04. The molecule has 0 N–H and O–H groups in total. The highest BCUT2D eigenvalue weighted by Gasteiger charge is 2.22. The molecule has 1 saturated carbocycles. The summed E-state index contributed by atoms with van der Waals surface area (Å²) in [6.45, 7) is 0.882. The zero-order chi connectivity index (χ0) is 12.8. The standard InChI is InChI=1S/C13H14ClNO2S/c14-18(16,17)13-9-15(8-10-4-3-5-10)12-7-2-1-6-11(12)13/h1-2,6-7,9-10H,3-5,8H2. The molecule has 0 spiro atoms. The van der Waals surface area contributed by atoms with Crippen LogP contribution in [-0.2, 0) is 15.6 Å². The number of fused-ring (bicyclic) bond motifs is 1. The summed E-state index contributed by atoms with van der Waals surface area (Å²) in [5, 5.41) is 0.715. The molecular formula is C13H14ClNO2S. The van der Waals surface area contributed by atoms with Gasteiger partial charge >= 0.3 is 0 Å². The van der Waals surface area contributed by atoms with E-state index < -0.39 is 9.05 Å². The average Bonchev–Trinajstić information content (AvgIpc) is 2.62. The Bertz CT molecular complexity index is 686. The first kappa shape index (κ1) is 12.1. The lowest BCUT2D eigenvalue weighted by Gasteiger charge is -2.26. The fourth-order valence-corrected chi connectivity index (χ4v) is 3.57. The summed E-state index contributed by atoms with van der Waals surface area (Å²) in [5.41, 5.74) is 0.948. The lowest BCUT2D eigenvalue weighted by molar-refractivity contribution is 0.279. The molecule has 0 aliphatic heterocycles. The van der Waals surface area contributed by atoms with Crippen LogP contribution in [0.3, 0.4) is 0 Å². The Balaban J connectivity index is 2.14. The third-order valence-electron chi connectivity index (χ3n) is 3.69. The molecule has 0 saturated heterocycles.